The molecule has 0 radical (unpaired) electrons. The van der Waals surface area contributed by atoms with Gasteiger partial charge in [0.05, 0.1) is 32.0 Å². The maximum Gasteiger partial charge on any atom is 0.244 e. The lowest BCUT2D eigenvalue weighted by Crippen LogP contribution is -2.48. The Morgan fingerprint density at radius 2 is 1.65 bits per heavy atom. The summed E-state index contributed by atoms with van der Waals surface area (Å²) in [4.78, 5) is 7.04. The Bertz CT molecular complexity index is 1230. The Morgan fingerprint density at radius 3 is 2.24 bits per heavy atom. The van der Waals surface area contributed by atoms with Crippen molar-refractivity contribution in [3.63, 3.8) is 0 Å². The fourth-order valence-electron chi connectivity index (χ4n) is 3.88. The highest BCUT2D eigenvalue weighted by Gasteiger charge is 2.30. The molecule has 11 heteroatoms. The van der Waals surface area contributed by atoms with Crippen LogP contribution in [0.1, 0.15) is 11.3 Å². The number of halogens is 1. The SMILES string of the molecule is COc1cc(Cc2csc(N3CCN(S(=O)(=O)c4ccccc4Cl)CC3)n2)cc(OC)c1OC. The van der Waals surface area contributed by atoms with Crippen LogP contribution in [0.15, 0.2) is 46.7 Å². The van der Waals surface area contributed by atoms with Crippen LogP contribution in [0.25, 0.3) is 0 Å². The van der Waals surface area contributed by atoms with Gasteiger partial charge in [-0.05, 0) is 29.8 Å². The van der Waals surface area contributed by atoms with Crippen molar-refractivity contribution in [1.82, 2.24) is 9.29 Å². The van der Waals surface area contributed by atoms with Crippen LogP contribution in [-0.2, 0) is 16.4 Å². The van der Waals surface area contributed by atoms with E-state index in [1.165, 1.54) is 4.31 Å². The van der Waals surface area contributed by atoms with Crippen LogP contribution in [0, 0.1) is 0 Å². The van der Waals surface area contributed by atoms with Crippen molar-refractivity contribution in [2.75, 3.05) is 52.4 Å². The third-order valence-electron chi connectivity index (χ3n) is 5.61. The van der Waals surface area contributed by atoms with Crippen LogP contribution in [-0.4, -0.2) is 65.2 Å². The van der Waals surface area contributed by atoms with E-state index in [0.29, 0.717) is 49.8 Å². The average molecular weight is 524 g/mol. The molecule has 1 aromatic heterocycles. The van der Waals surface area contributed by atoms with Gasteiger partial charge in [0.1, 0.15) is 4.90 Å². The highest BCUT2D eigenvalue weighted by atomic mass is 35.5. The molecule has 8 nitrogen and oxygen atoms in total. The summed E-state index contributed by atoms with van der Waals surface area (Å²) in [6, 6.07) is 10.4. The van der Waals surface area contributed by atoms with Gasteiger partial charge in [-0.3, -0.25) is 0 Å². The number of thiazole rings is 1. The minimum absolute atomic E-state index is 0.145. The molecule has 0 bridgehead atoms. The first kappa shape index (κ1) is 24.6. The highest BCUT2D eigenvalue weighted by molar-refractivity contribution is 7.89. The van der Waals surface area contributed by atoms with Crippen molar-refractivity contribution >= 4 is 38.1 Å². The molecule has 0 unspecified atom stereocenters. The summed E-state index contributed by atoms with van der Waals surface area (Å²) in [5.41, 5.74) is 1.90. The number of anilines is 1. The van der Waals surface area contributed by atoms with Gasteiger partial charge in [-0.15, -0.1) is 11.3 Å². The number of hydrogen-bond acceptors (Lipinski definition) is 8. The van der Waals surface area contributed by atoms with E-state index in [1.54, 1.807) is 56.9 Å². The number of methoxy groups -OCH3 is 3. The van der Waals surface area contributed by atoms with Gasteiger partial charge in [-0.1, -0.05) is 23.7 Å². The topological polar surface area (TPSA) is 81.2 Å². The fraction of sp³-hybridized carbons (Fsp3) is 0.348. The number of rotatable bonds is 8. The lowest BCUT2D eigenvalue weighted by Gasteiger charge is -2.33. The molecule has 0 aliphatic carbocycles. The van der Waals surface area contributed by atoms with Gasteiger partial charge in [0.15, 0.2) is 16.6 Å². The van der Waals surface area contributed by atoms with E-state index in [4.69, 9.17) is 30.8 Å². The fourth-order valence-corrected chi connectivity index (χ4v) is 6.68. The van der Waals surface area contributed by atoms with Gasteiger partial charge in [-0.2, -0.15) is 4.31 Å². The third kappa shape index (κ3) is 4.95. The number of benzene rings is 2. The van der Waals surface area contributed by atoms with Crippen LogP contribution >= 0.6 is 22.9 Å². The molecule has 2 heterocycles. The molecule has 182 valence electrons. The third-order valence-corrected chi connectivity index (χ3v) is 8.96. The van der Waals surface area contributed by atoms with E-state index >= 15 is 0 Å². The molecule has 0 N–H and O–H groups in total. The number of aromatic nitrogens is 1. The second kappa shape index (κ2) is 10.4. The van der Waals surface area contributed by atoms with Gasteiger partial charge >= 0.3 is 0 Å². The molecule has 1 fully saturated rings. The molecule has 0 saturated carbocycles. The smallest absolute Gasteiger partial charge is 0.244 e. The van der Waals surface area contributed by atoms with E-state index in [2.05, 4.69) is 4.90 Å². The summed E-state index contributed by atoms with van der Waals surface area (Å²) in [6.45, 7) is 1.85. The second-order valence-electron chi connectivity index (χ2n) is 7.65. The van der Waals surface area contributed by atoms with E-state index in [0.717, 1.165) is 16.4 Å². The first-order valence-electron chi connectivity index (χ1n) is 10.6. The summed E-state index contributed by atoms with van der Waals surface area (Å²) in [7, 11) is 1.13. The predicted octanol–water partition coefficient (Wildman–Crippen LogP) is 3.92. The lowest BCUT2D eigenvalue weighted by atomic mass is 10.1. The van der Waals surface area contributed by atoms with Crippen LogP contribution in [0.2, 0.25) is 5.02 Å². The van der Waals surface area contributed by atoms with Crippen molar-refractivity contribution < 1.29 is 22.6 Å². The lowest BCUT2D eigenvalue weighted by molar-refractivity contribution is 0.324. The van der Waals surface area contributed by atoms with Gasteiger partial charge in [-0.25, -0.2) is 13.4 Å². The zero-order valence-corrected chi connectivity index (χ0v) is 21.5. The molecule has 0 atom stereocenters. The van der Waals surface area contributed by atoms with E-state index in [1.807, 2.05) is 17.5 Å². The Kier molecular flexibility index (Phi) is 7.51. The molecule has 0 amide bonds. The maximum absolute atomic E-state index is 13.0. The Morgan fingerprint density at radius 1 is 1.00 bits per heavy atom. The van der Waals surface area contributed by atoms with Gasteiger partial charge in [0.2, 0.25) is 15.8 Å². The highest BCUT2D eigenvalue weighted by Crippen LogP contribution is 2.39. The average Bonchev–Trinajstić information content (AvgIpc) is 3.32. The molecule has 2 aromatic carbocycles. The van der Waals surface area contributed by atoms with E-state index < -0.39 is 10.0 Å². The molecule has 1 saturated heterocycles. The number of ether oxygens (including phenoxy) is 3. The van der Waals surface area contributed by atoms with Crippen molar-refractivity contribution in [2.24, 2.45) is 0 Å². The Hall–Kier alpha value is -2.53. The molecule has 34 heavy (non-hydrogen) atoms. The molecule has 4 rings (SSSR count). The predicted molar refractivity (Wildman–Crippen MR) is 133 cm³/mol. The molecular formula is C23H26ClN3O5S2. The number of nitrogens with zero attached hydrogens (tertiary/aromatic N) is 3. The van der Waals surface area contributed by atoms with E-state index in [-0.39, 0.29) is 9.92 Å². The van der Waals surface area contributed by atoms with Crippen molar-refractivity contribution in [3.05, 3.63) is 58.1 Å². The second-order valence-corrected chi connectivity index (χ2v) is 10.8. The van der Waals surface area contributed by atoms with Gasteiger partial charge in [0.25, 0.3) is 0 Å². The monoisotopic (exact) mass is 523 g/mol. The minimum atomic E-state index is -3.63. The Balaban J connectivity index is 1.44. The van der Waals surface area contributed by atoms with Crippen molar-refractivity contribution in [3.8, 4) is 17.2 Å². The molecule has 0 spiro atoms. The first-order valence-corrected chi connectivity index (χ1v) is 13.3. The summed E-state index contributed by atoms with van der Waals surface area (Å²) in [6.07, 6.45) is 0.605. The molecule has 1 aliphatic rings. The number of hydrogen-bond donors (Lipinski definition) is 0. The normalized spacial score (nSPS) is 14.8. The van der Waals surface area contributed by atoms with Crippen LogP contribution in [0.5, 0.6) is 17.2 Å². The van der Waals surface area contributed by atoms with Crippen molar-refractivity contribution in [2.45, 2.75) is 11.3 Å². The maximum atomic E-state index is 13.0. The summed E-state index contributed by atoms with van der Waals surface area (Å²) >= 11 is 7.68. The zero-order chi connectivity index (χ0) is 24.3. The summed E-state index contributed by atoms with van der Waals surface area (Å²) in [5, 5.41) is 3.13. The van der Waals surface area contributed by atoms with Gasteiger partial charge < -0.3 is 19.1 Å². The minimum Gasteiger partial charge on any atom is -0.493 e. The van der Waals surface area contributed by atoms with Crippen LogP contribution in [0.4, 0.5) is 5.13 Å². The zero-order valence-electron chi connectivity index (χ0n) is 19.2. The van der Waals surface area contributed by atoms with Gasteiger partial charge in [0, 0.05) is 38.0 Å². The van der Waals surface area contributed by atoms with E-state index in [9.17, 15) is 8.42 Å². The quantitative estimate of drug-likeness (QED) is 0.442. The molecule has 3 aromatic rings. The van der Waals surface area contributed by atoms with Crippen molar-refractivity contribution in [1.29, 1.82) is 0 Å². The Labute approximate surface area is 208 Å². The first-order chi connectivity index (χ1) is 16.4. The molecule has 1 aliphatic heterocycles. The van der Waals surface area contributed by atoms with Crippen LogP contribution < -0.4 is 19.1 Å². The standard InChI is InChI=1S/C23H26ClN3O5S2/c1-30-19-13-16(14-20(31-2)22(19)32-3)12-17-15-33-23(25-17)26-8-10-27(11-9-26)34(28,29)21-7-5-4-6-18(21)24/h4-7,13-15H,8-12H2,1-3H3. The summed E-state index contributed by atoms with van der Waals surface area (Å²) in [5.74, 6) is 1.75. The molecular weight excluding hydrogens is 498 g/mol. The number of piperazine rings is 1. The number of sulfonamides is 1. The largest absolute Gasteiger partial charge is 0.493 e. The van der Waals surface area contributed by atoms with Crippen LogP contribution in [0.3, 0.4) is 0 Å². The summed E-state index contributed by atoms with van der Waals surface area (Å²) < 4.78 is 43.7.